The number of benzene rings is 2. The van der Waals surface area contributed by atoms with Crippen LogP contribution in [0.5, 0.6) is 11.5 Å². The van der Waals surface area contributed by atoms with Crippen molar-refractivity contribution in [2.45, 2.75) is 69.3 Å². The van der Waals surface area contributed by atoms with E-state index < -0.39 is 30.1 Å². The number of methoxy groups -OCH3 is 1. The smallest absolute Gasteiger partial charge is 0.247 e. The number of carbonyl (C=O) groups is 2. The second-order valence-corrected chi connectivity index (χ2v) is 11.2. The molecule has 41 heavy (non-hydrogen) atoms. The Morgan fingerprint density at radius 1 is 1.07 bits per heavy atom. The van der Waals surface area contributed by atoms with Gasteiger partial charge in [-0.15, -0.1) is 0 Å². The number of aliphatic hydroxyl groups is 3. The van der Waals surface area contributed by atoms with Gasteiger partial charge in [-0.05, 0) is 48.1 Å². The van der Waals surface area contributed by atoms with Crippen LogP contribution >= 0.6 is 0 Å². The van der Waals surface area contributed by atoms with E-state index in [2.05, 4.69) is 5.32 Å². The van der Waals surface area contributed by atoms with Crippen molar-refractivity contribution in [3.63, 3.8) is 0 Å². The van der Waals surface area contributed by atoms with Crippen molar-refractivity contribution >= 4 is 11.8 Å². The molecule has 1 fully saturated rings. The van der Waals surface area contributed by atoms with Gasteiger partial charge in [0.25, 0.3) is 0 Å². The van der Waals surface area contributed by atoms with E-state index in [1.165, 1.54) is 13.5 Å². The SMILES string of the molecule is COc1cc(CO)cc2c1OC1C2C(C(=O)NCCO)=CC(N(CC2CCCCC2)C(=O)Cc2ccccc2)C1O. The van der Waals surface area contributed by atoms with E-state index in [0.717, 1.165) is 31.2 Å². The second kappa shape index (κ2) is 13.1. The molecule has 1 aliphatic heterocycles. The van der Waals surface area contributed by atoms with Crippen molar-refractivity contribution in [2.75, 3.05) is 26.8 Å². The van der Waals surface area contributed by atoms with Crippen LogP contribution in [-0.4, -0.2) is 77.1 Å². The summed E-state index contributed by atoms with van der Waals surface area (Å²) in [6.45, 7) is 0.0915. The highest BCUT2D eigenvalue weighted by Crippen LogP contribution is 2.51. The molecule has 5 rings (SSSR count). The zero-order valence-corrected chi connectivity index (χ0v) is 23.5. The molecule has 220 valence electrons. The Kier molecular flexibility index (Phi) is 9.27. The number of fused-ring (bicyclic) bond motifs is 3. The summed E-state index contributed by atoms with van der Waals surface area (Å²) in [4.78, 5) is 29.2. The summed E-state index contributed by atoms with van der Waals surface area (Å²) in [6.07, 6.45) is 5.35. The molecule has 4 atom stereocenters. The number of hydrogen-bond donors (Lipinski definition) is 4. The number of hydrogen-bond acceptors (Lipinski definition) is 7. The quantitative estimate of drug-likeness (QED) is 0.349. The van der Waals surface area contributed by atoms with Crippen LogP contribution in [-0.2, 0) is 22.6 Å². The third kappa shape index (κ3) is 6.12. The number of aliphatic hydroxyl groups excluding tert-OH is 3. The maximum absolute atomic E-state index is 13.9. The number of amides is 2. The first-order chi connectivity index (χ1) is 19.9. The van der Waals surface area contributed by atoms with Gasteiger partial charge < -0.3 is 35.0 Å². The highest BCUT2D eigenvalue weighted by molar-refractivity contribution is 5.96. The summed E-state index contributed by atoms with van der Waals surface area (Å²) in [5.74, 6) is -0.0395. The summed E-state index contributed by atoms with van der Waals surface area (Å²) in [5.41, 5.74) is 2.46. The molecule has 2 aliphatic carbocycles. The van der Waals surface area contributed by atoms with E-state index >= 15 is 0 Å². The van der Waals surface area contributed by atoms with Crippen molar-refractivity contribution in [1.82, 2.24) is 10.2 Å². The fraction of sp³-hybridized carbons (Fsp3) is 0.500. The summed E-state index contributed by atoms with van der Waals surface area (Å²) < 4.78 is 11.9. The van der Waals surface area contributed by atoms with Gasteiger partial charge in [0.1, 0.15) is 12.2 Å². The Bertz CT molecular complexity index is 1260. The molecule has 2 aromatic carbocycles. The second-order valence-electron chi connectivity index (χ2n) is 11.2. The Balaban J connectivity index is 1.55. The predicted octanol–water partition coefficient (Wildman–Crippen LogP) is 2.46. The Hall–Kier alpha value is -3.40. The number of rotatable bonds is 10. The monoisotopic (exact) mass is 564 g/mol. The van der Waals surface area contributed by atoms with Crippen LogP contribution < -0.4 is 14.8 Å². The normalized spacial score (nSPS) is 23.6. The lowest BCUT2D eigenvalue weighted by atomic mass is 9.76. The van der Waals surface area contributed by atoms with Gasteiger partial charge in [0.15, 0.2) is 11.5 Å². The highest BCUT2D eigenvalue weighted by Gasteiger charge is 2.51. The summed E-state index contributed by atoms with van der Waals surface area (Å²) >= 11 is 0. The standard InChI is InChI=1S/C32H40N2O7/c1-40-26-15-22(19-36)14-23-28-24(32(39)33-12-13-35)17-25(29(38)31(28)41-30(23)26)34(18-21-10-6-3-7-11-21)27(37)16-20-8-4-2-5-9-20/h2,4-5,8-9,14-15,17,21,25,28-29,31,35-36,38H,3,6-7,10-13,16,18-19H2,1H3,(H,33,39). The summed E-state index contributed by atoms with van der Waals surface area (Å²) in [6, 6.07) is 12.2. The molecule has 4 N–H and O–H groups in total. The fourth-order valence-corrected chi connectivity index (χ4v) is 6.53. The van der Waals surface area contributed by atoms with E-state index in [9.17, 15) is 24.9 Å². The minimum atomic E-state index is -1.12. The van der Waals surface area contributed by atoms with Crippen LogP contribution in [0.25, 0.3) is 0 Å². The molecule has 2 amide bonds. The third-order valence-corrected chi connectivity index (χ3v) is 8.55. The van der Waals surface area contributed by atoms with Gasteiger partial charge in [-0.2, -0.15) is 0 Å². The maximum Gasteiger partial charge on any atom is 0.247 e. The highest BCUT2D eigenvalue weighted by atomic mass is 16.5. The molecule has 9 heteroatoms. The molecule has 1 saturated carbocycles. The van der Waals surface area contributed by atoms with Crippen LogP contribution in [0.4, 0.5) is 0 Å². The van der Waals surface area contributed by atoms with Crippen LogP contribution in [0.3, 0.4) is 0 Å². The van der Waals surface area contributed by atoms with E-state index in [-0.39, 0.29) is 32.1 Å². The molecule has 2 aromatic rings. The summed E-state index contributed by atoms with van der Waals surface area (Å²) in [5, 5.41) is 33.9. The number of ether oxygens (including phenoxy) is 2. The van der Waals surface area contributed by atoms with Crippen molar-refractivity contribution in [2.24, 2.45) is 5.92 Å². The minimum absolute atomic E-state index is 0.0627. The molecule has 0 spiro atoms. The first-order valence-corrected chi connectivity index (χ1v) is 14.6. The molecule has 0 saturated heterocycles. The average Bonchev–Trinajstić information content (AvgIpc) is 3.39. The maximum atomic E-state index is 13.9. The topological polar surface area (TPSA) is 129 Å². The third-order valence-electron chi connectivity index (χ3n) is 8.55. The minimum Gasteiger partial charge on any atom is -0.493 e. The van der Waals surface area contributed by atoms with E-state index in [1.807, 2.05) is 30.3 Å². The van der Waals surface area contributed by atoms with Crippen LogP contribution in [0.1, 0.15) is 54.7 Å². The summed E-state index contributed by atoms with van der Waals surface area (Å²) in [7, 11) is 1.50. The van der Waals surface area contributed by atoms with Crippen molar-refractivity contribution in [3.05, 3.63) is 70.8 Å². The van der Waals surface area contributed by atoms with E-state index in [4.69, 9.17) is 9.47 Å². The van der Waals surface area contributed by atoms with Gasteiger partial charge in [-0.1, -0.05) is 49.6 Å². The van der Waals surface area contributed by atoms with Gasteiger partial charge in [0.2, 0.25) is 11.8 Å². The molecule has 0 bridgehead atoms. The van der Waals surface area contributed by atoms with Crippen LogP contribution in [0, 0.1) is 5.92 Å². The Morgan fingerprint density at radius 3 is 2.51 bits per heavy atom. The first-order valence-electron chi connectivity index (χ1n) is 14.6. The van der Waals surface area contributed by atoms with Crippen molar-refractivity contribution in [3.8, 4) is 11.5 Å². The molecular weight excluding hydrogens is 524 g/mol. The van der Waals surface area contributed by atoms with Gasteiger partial charge >= 0.3 is 0 Å². The van der Waals surface area contributed by atoms with Crippen LogP contribution in [0.2, 0.25) is 0 Å². The number of nitrogens with one attached hydrogen (secondary N) is 1. The first kappa shape index (κ1) is 29.1. The predicted molar refractivity (Wildman–Crippen MR) is 152 cm³/mol. The average molecular weight is 565 g/mol. The van der Waals surface area contributed by atoms with Crippen molar-refractivity contribution in [1.29, 1.82) is 0 Å². The van der Waals surface area contributed by atoms with Gasteiger partial charge in [-0.3, -0.25) is 9.59 Å². The molecule has 4 unspecified atom stereocenters. The van der Waals surface area contributed by atoms with Crippen molar-refractivity contribution < 1.29 is 34.4 Å². The lowest BCUT2D eigenvalue weighted by Gasteiger charge is -2.42. The lowest BCUT2D eigenvalue weighted by Crippen LogP contribution is -2.57. The van der Waals surface area contributed by atoms with Crippen LogP contribution in [0.15, 0.2) is 54.1 Å². The largest absolute Gasteiger partial charge is 0.493 e. The molecule has 1 heterocycles. The van der Waals surface area contributed by atoms with Gasteiger partial charge in [-0.25, -0.2) is 0 Å². The Morgan fingerprint density at radius 2 is 1.83 bits per heavy atom. The molecular formula is C32H40N2O7. The number of carbonyl (C=O) groups excluding carboxylic acids is 2. The molecule has 0 radical (unpaired) electrons. The molecule has 0 aromatic heterocycles. The number of nitrogens with zero attached hydrogens (tertiary/aromatic N) is 1. The van der Waals surface area contributed by atoms with Gasteiger partial charge in [0, 0.05) is 24.2 Å². The lowest BCUT2D eigenvalue weighted by molar-refractivity contribution is -0.137. The van der Waals surface area contributed by atoms with E-state index in [0.29, 0.717) is 40.7 Å². The van der Waals surface area contributed by atoms with Gasteiger partial charge in [0.05, 0.1) is 38.7 Å². The molecule has 3 aliphatic rings. The molecule has 9 nitrogen and oxygen atoms in total. The zero-order valence-electron chi connectivity index (χ0n) is 23.5. The Labute approximate surface area is 240 Å². The fourth-order valence-electron chi connectivity index (χ4n) is 6.53. The van der Waals surface area contributed by atoms with E-state index in [1.54, 1.807) is 23.1 Å². The zero-order chi connectivity index (χ0) is 28.9.